The molecule has 3 atom stereocenters. The van der Waals surface area contributed by atoms with Crippen molar-refractivity contribution < 1.29 is 9.53 Å². The van der Waals surface area contributed by atoms with Crippen molar-refractivity contribution in [1.29, 1.82) is 0 Å². The van der Waals surface area contributed by atoms with Crippen LogP contribution in [0.5, 0.6) is 0 Å². The molecule has 0 spiro atoms. The number of rotatable bonds is 4. The number of carbonyl (C=O) groups excluding carboxylic acids is 1. The number of halogens is 2. The van der Waals surface area contributed by atoms with Crippen molar-refractivity contribution in [3.63, 3.8) is 0 Å². The van der Waals surface area contributed by atoms with E-state index in [-0.39, 0.29) is 24.2 Å². The van der Waals surface area contributed by atoms with Gasteiger partial charge >= 0.3 is 0 Å². The number of nitrogens with zero attached hydrogens (tertiary/aromatic N) is 1. The molecule has 0 radical (unpaired) electrons. The zero-order valence-corrected chi connectivity index (χ0v) is 18.0. The molecule has 1 fully saturated rings. The summed E-state index contributed by atoms with van der Waals surface area (Å²) >= 11 is 6.92. The third-order valence-corrected chi connectivity index (χ3v) is 5.73. The van der Waals surface area contributed by atoms with E-state index in [0.717, 1.165) is 26.7 Å². The quantitative estimate of drug-likeness (QED) is 0.667. The van der Waals surface area contributed by atoms with Crippen LogP contribution >= 0.6 is 31.9 Å². The number of hydrogen-bond donors (Lipinski definition) is 1. The molecule has 0 saturated carbocycles. The van der Waals surface area contributed by atoms with Gasteiger partial charge in [0.1, 0.15) is 0 Å². The van der Waals surface area contributed by atoms with Gasteiger partial charge in [0, 0.05) is 22.0 Å². The van der Waals surface area contributed by atoms with Crippen molar-refractivity contribution in [2.75, 3.05) is 18.4 Å². The highest BCUT2D eigenvalue weighted by Crippen LogP contribution is 2.28. The standard InChI is InChI=1S/C20H22Br2N2O2/c1-13-11-24(12-19(26-13)15-6-4-3-5-7-15)14(2)20(25)23-18-9-8-16(21)10-17(18)22/h3-10,13-14,19H,11-12H2,1-2H3,(H,23,25). The number of morpholine rings is 1. The van der Waals surface area contributed by atoms with Crippen LogP contribution in [0.4, 0.5) is 5.69 Å². The van der Waals surface area contributed by atoms with E-state index in [0.29, 0.717) is 6.54 Å². The average Bonchev–Trinajstić information content (AvgIpc) is 2.63. The minimum Gasteiger partial charge on any atom is -0.368 e. The van der Waals surface area contributed by atoms with Crippen molar-refractivity contribution in [3.05, 3.63) is 63.0 Å². The summed E-state index contributed by atoms with van der Waals surface area (Å²) in [4.78, 5) is 15.0. The molecule has 1 heterocycles. The number of hydrogen-bond acceptors (Lipinski definition) is 3. The molecule has 0 bridgehead atoms. The molecule has 0 aliphatic carbocycles. The first-order valence-corrected chi connectivity index (χ1v) is 10.2. The van der Waals surface area contributed by atoms with Crippen LogP contribution in [-0.4, -0.2) is 36.0 Å². The number of anilines is 1. The first kappa shape index (κ1) is 19.5. The Balaban J connectivity index is 1.69. The molecule has 1 amide bonds. The van der Waals surface area contributed by atoms with Crippen LogP contribution in [0.25, 0.3) is 0 Å². The zero-order valence-electron chi connectivity index (χ0n) is 14.8. The molecule has 138 valence electrons. The van der Waals surface area contributed by atoms with E-state index in [9.17, 15) is 4.79 Å². The number of ether oxygens (including phenoxy) is 1. The second-order valence-corrected chi connectivity index (χ2v) is 8.36. The summed E-state index contributed by atoms with van der Waals surface area (Å²) in [7, 11) is 0. The van der Waals surface area contributed by atoms with Crippen LogP contribution in [-0.2, 0) is 9.53 Å². The minimum absolute atomic E-state index is 0.0189. The van der Waals surface area contributed by atoms with Crippen LogP contribution in [0.1, 0.15) is 25.5 Å². The average molecular weight is 482 g/mol. The van der Waals surface area contributed by atoms with Crippen LogP contribution in [0.2, 0.25) is 0 Å². The Morgan fingerprint density at radius 1 is 1.19 bits per heavy atom. The van der Waals surface area contributed by atoms with Crippen LogP contribution < -0.4 is 5.32 Å². The second kappa shape index (κ2) is 8.65. The molecule has 0 aromatic heterocycles. The van der Waals surface area contributed by atoms with Crippen molar-refractivity contribution in [1.82, 2.24) is 4.90 Å². The Kier molecular flexibility index (Phi) is 6.51. The molecule has 1 N–H and O–H groups in total. The van der Waals surface area contributed by atoms with E-state index in [1.807, 2.05) is 43.3 Å². The molecule has 6 heteroatoms. The van der Waals surface area contributed by atoms with E-state index in [2.05, 4.69) is 61.1 Å². The van der Waals surface area contributed by atoms with Gasteiger partial charge < -0.3 is 10.1 Å². The van der Waals surface area contributed by atoms with Gasteiger partial charge in [-0.3, -0.25) is 9.69 Å². The van der Waals surface area contributed by atoms with Gasteiger partial charge in [0.05, 0.1) is 23.9 Å². The monoisotopic (exact) mass is 480 g/mol. The fourth-order valence-corrected chi connectivity index (χ4v) is 4.29. The lowest BCUT2D eigenvalue weighted by Crippen LogP contribution is -2.51. The molecule has 2 aromatic carbocycles. The molecule has 3 unspecified atom stereocenters. The fourth-order valence-electron chi connectivity index (χ4n) is 3.15. The fraction of sp³-hybridized carbons (Fsp3) is 0.350. The van der Waals surface area contributed by atoms with Gasteiger partial charge in [-0.1, -0.05) is 46.3 Å². The van der Waals surface area contributed by atoms with Crippen LogP contribution in [0.15, 0.2) is 57.5 Å². The van der Waals surface area contributed by atoms with Gasteiger partial charge in [-0.05, 0) is 53.5 Å². The number of nitrogens with one attached hydrogen (secondary N) is 1. The molecule has 1 aliphatic heterocycles. The van der Waals surface area contributed by atoms with Gasteiger partial charge in [-0.2, -0.15) is 0 Å². The summed E-state index contributed by atoms with van der Waals surface area (Å²) in [6.45, 7) is 5.43. The lowest BCUT2D eigenvalue weighted by molar-refractivity contribution is -0.128. The van der Waals surface area contributed by atoms with E-state index in [1.165, 1.54) is 0 Å². The molecule has 1 aliphatic rings. The molecular weight excluding hydrogens is 460 g/mol. The third kappa shape index (κ3) is 4.74. The summed E-state index contributed by atoms with van der Waals surface area (Å²) in [6, 6.07) is 15.6. The minimum atomic E-state index is -0.247. The Bertz CT molecular complexity index is 770. The maximum atomic E-state index is 12.8. The van der Waals surface area contributed by atoms with Crippen molar-refractivity contribution >= 4 is 43.5 Å². The summed E-state index contributed by atoms with van der Waals surface area (Å²) in [5, 5.41) is 3.01. The van der Waals surface area contributed by atoms with Crippen LogP contribution in [0, 0.1) is 0 Å². The maximum Gasteiger partial charge on any atom is 0.241 e. The Morgan fingerprint density at radius 3 is 2.62 bits per heavy atom. The summed E-state index contributed by atoms with van der Waals surface area (Å²) < 4.78 is 7.91. The topological polar surface area (TPSA) is 41.6 Å². The maximum absolute atomic E-state index is 12.8. The lowest BCUT2D eigenvalue weighted by atomic mass is 10.1. The predicted molar refractivity (Wildman–Crippen MR) is 111 cm³/mol. The Labute approximate surface area is 171 Å². The predicted octanol–water partition coefficient (Wildman–Crippen LogP) is 5.00. The zero-order chi connectivity index (χ0) is 18.7. The third-order valence-electron chi connectivity index (χ3n) is 4.58. The lowest BCUT2D eigenvalue weighted by Gasteiger charge is -2.39. The van der Waals surface area contributed by atoms with E-state index < -0.39 is 0 Å². The summed E-state index contributed by atoms with van der Waals surface area (Å²) in [5.74, 6) is -0.0195. The first-order chi connectivity index (χ1) is 12.4. The van der Waals surface area contributed by atoms with Gasteiger partial charge in [0.2, 0.25) is 5.91 Å². The van der Waals surface area contributed by atoms with Gasteiger partial charge in [-0.25, -0.2) is 0 Å². The number of carbonyl (C=O) groups is 1. The molecule has 3 rings (SSSR count). The highest BCUT2D eigenvalue weighted by molar-refractivity contribution is 9.11. The van der Waals surface area contributed by atoms with Gasteiger partial charge in [0.25, 0.3) is 0 Å². The normalized spacial score (nSPS) is 22.0. The van der Waals surface area contributed by atoms with Crippen molar-refractivity contribution in [2.24, 2.45) is 0 Å². The summed E-state index contributed by atoms with van der Waals surface area (Å²) in [5.41, 5.74) is 1.92. The van der Waals surface area contributed by atoms with E-state index in [4.69, 9.17) is 4.74 Å². The SMILES string of the molecule is CC1CN(C(C)C(=O)Nc2ccc(Br)cc2Br)CC(c2ccccc2)O1. The van der Waals surface area contributed by atoms with Crippen molar-refractivity contribution in [2.45, 2.75) is 32.1 Å². The molecular formula is C20H22Br2N2O2. The first-order valence-electron chi connectivity index (χ1n) is 8.64. The van der Waals surface area contributed by atoms with E-state index in [1.54, 1.807) is 0 Å². The van der Waals surface area contributed by atoms with Crippen LogP contribution in [0.3, 0.4) is 0 Å². The second-order valence-electron chi connectivity index (χ2n) is 6.59. The van der Waals surface area contributed by atoms with E-state index >= 15 is 0 Å². The molecule has 26 heavy (non-hydrogen) atoms. The van der Waals surface area contributed by atoms with Gasteiger partial charge in [-0.15, -0.1) is 0 Å². The Hall–Kier alpha value is -1.21. The highest BCUT2D eigenvalue weighted by atomic mass is 79.9. The molecule has 4 nitrogen and oxygen atoms in total. The van der Waals surface area contributed by atoms with Crippen molar-refractivity contribution in [3.8, 4) is 0 Å². The highest BCUT2D eigenvalue weighted by Gasteiger charge is 2.32. The van der Waals surface area contributed by atoms with Gasteiger partial charge in [0.15, 0.2) is 0 Å². The number of benzene rings is 2. The smallest absolute Gasteiger partial charge is 0.241 e. The summed E-state index contributed by atoms with van der Waals surface area (Å²) in [6.07, 6.45) is 0.0539. The molecule has 2 aromatic rings. The Morgan fingerprint density at radius 2 is 1.92 bits per heavy atom. The number of amides is 1. The largest absolute Gasteiger partial charge is 0.368 e. The molecule has 1 saturated heterocycles.